The molecule has 1 heterocycles. The highest BCUT2D eigenvalue weighted by Crippen LogP contribution is 2.59. The lowest BCUT2D eigenvalue weighted by atomic mass is 9.98. The fourth-order valence-corrected chi connectivity index (χ4v) is 3.27. The Bertz CT molecular complexity index is 446. The van der Waals surface area contributed by atoms with Crippen LogP contribution in [0.2, 0.25) is 0 Å². The van der Waals surface area contributed by atoms with Gasteiger partial charge in [-0.3, -0.25) is 14.4 Å². The van der Waals surface area contributed by atoms with E-state index < -0.39 is 29.1 Å². The SMILES string of the molecule is C[C@@H]1CN(C(=O)[C@@H]2[C@H](C(=O)O)C2(C)C)C[C@H]1C(N)=O. The number of nitrogens with zero attached hydrogens (tertiary/aromatic N) is 1. The van der Waals surface area contributed by atoms with Crippen LogP contribution in [0.4, 0.5) is 0 Å². The zero-order valence-electron chi connectivity index (χ0n) is 11.4. The smallest absolute Gasteiger partial charge is 0.307 e. The topological polar surface area (TPSA) is 101 Å². The van der Waals surface area contributed by atoms with Crippen molar-refractivity contribution in [2.75, 3.05) is 13.1 Å². The lowest BCUT2D eigenvalue weighted by molar-refractivity contribution is -0.142. The third-order valence-corrected chi connectivity index (χ3v) is 4.65. The fourth-order valence-electron chi connectivity index (χ4n) is 3.27. The molecule has 0 bridgehead atoms. The molecule has 1 aliphatic carbocycles. The molecule has 0 aromatic carbocycles. The Labute approximate surface area is 111 Å². The number of carbonyl (C=O) groups excluding carboxylic acids is 2. The average Bonchev–Trinajstić information content (AvgIpc) is 2.65. The van der Waals surface area contributed by atoms with Crippen LogP contribution in [0.15, 0.2) is 0 Å². The zero-order chi connectivity index (χ0) is 14.5. The Morgan fingerprint density at radius 3 is 2.16 bits per heavy atom. The molecule has 0 spiro atoms. The molecule has 6 nitrogen and oxygen atoms in total. The van der Waals surface area contributed by atoms with E-state index in [0.717, 1.165) is 0 Å². The molecule has 0 radical (unpaired) electrons. The lowest BCUT2D eigenvalue weighted by Gasteiger charge is -2.16. The quantitative estimate of drug-likeness (QED) is 0.747. The van der Waals surface area contributed by atoms with Crippen LogP contribution < -0.4 is 5.73 Å². The van der Waals surface area contributed by atoms with Crippen molar-refractivity contribution in [3.8, 4) is 0 Å². The predicted octanol–water partition coefficient (Wildman–Crippen LogP) is -0.0770. The number of primary amides is 1. The van der Waals surface area contributed by atoms with E-state index in [-0.39, 0.29) is 17.7 Å². The number of hydrogen-bond donors (Lipinski definition) is 2. The van der Waals surface area contributed by atoms with Gasteiger partial charge < -0.3 is 15.7 Å². The highest BCUT2D eigenvalue weighted by atomic mass is 16.4. The van der Waals surface area contributed by atoms with E-state index >= 15 is 0 Å². The van der Waals surface area contributed by atoms with Crippen LogP contribution in [0, 0.1) is 29.1 Å². The van der Waals surface area contributed by atoms with Crippen LogP contribution in [-0.4, -0.2) is 40.9 Å². The number of aliphatic carboxylic acids is 1. The largest absolute Gasteiger partial charge is 0.481 e. The molecule has 106 valence electrons. The average molecular weight is 268 g/mol. The maximum absolute atomic E-state index is 12.4. The first-order valence-corrected chi connectivity index (χ1v) is 6.48. The van der Waals surface area contributed by atoms with Gasteiger partial charge in [0.25, 0.3) is 0 Å². The summed E-state index contributed by atoms with van der Waals surface area (Å²) in [5.74, 6) is -2.88. The molecule has 2 fully saturated rings. The number of carboxylic acid groups (broad SMARTS) is 1. The van der Waals surface area contributed by atoms with Crippen LogP contribution in [0.25, 0.3) is 0 Å². The Hall–Kier alpha value is -1.59. The van der Waals surface area contributed by atoms with Crippen molar-refractivity contribution in [1.82, 2.24) is 4.90 Å². The van der Waals surface area contributed by atoms with Crippen LogP contribution in [-0.2, 0) is 14.4 Å². The normalized spacial score (nSPS) is 36.1. The van der Waals surface area contributed by atoms with Crippen LogP contribution in [0.5, 0.6) is 0 Å². The van der Waals surface area contributed by atoms with Crippen molar-refractivity contribution in [3.63, 3.8) is 0 Å². The van der Waals surface area contributed by atoms with Gasteiger partial charge in [-0.1, -0.05) is 20.8 Å². The summed E-state index contributed by atoms with van der Waals surface area (Å²) in [7, 11) is 0. The zero-order valence-corrected chi connectivity index (χ0v) is 11.4. The molecule has 2 rings (SSSR count). The molecule has 19 heavy (non-hydrogen) atoms. The number of hydrogen-bond acceptors (Lipinski definition) is 3. The number of carboxylic acids is 1. The molecule has 2 amide bonds. The van der Waals surface area contributed by atoms with Crippen molar-refractivity contribution < 1.29 is 19.5 Å². The molecule has 6 heteroatoms. The molecule has 3 N–H and O–H groups in total. The van der Waals surface area contributed by atoms with Gasteiger partial charge in [0.1, 0.15) is 0 Å². The van der Waals surface area contributed by atoms with E-state index in [4.69, 9.17) is 10.8 Å². The molecule has 2 aliphatic rings. The lowest BCUT2D eigenvalue weighted by Crippen LogP contribution is -2.34. The summed E-state index contributed by atoms with van der Waals surface area (Å²) in [5.41, 5.74) is 4.80. The standard InChI is InChI=1S/C13H20N2O4/c1-6-4-15(5-7(6)10(14)16)11(17)8-9(12(18)19)13(8,2)3/h6-9H,4-5H2,1-3H3,(H2,14,16)(H,18,19)/t6-,7-,8+,9-/m1/s1. The van der Waals surface area contributed by atoms with E-state index in [1.165, 1.54) is 0 Å². The van der Waals surface area contributed by atoms with Crippen molar-refractivity contribution in [2.45, 2.75) is 20.8 Å². The second kappa shape index (κ2) is 4.21. The number of amides is 2. The molecule has 1 saturated carbocycles. The summed E-state index contributed by atoms with van der Waals surface area (Å²) >= 11 is 0. The number of nitrogens with two attached hydrogens (primary N) is 1. The summed E-state index contributed by atoms with van der Waals surface area (Å²) in [6, 6.07) is 0. The third-order valence-electron chi connectivity index (χ3n) is 4.65. The van der Waals surface area contributed by atoms with Gasteiger partial charge in [0.15, 0.2) is 0 Å². The minimum absolute atomic E-state index is 0.0339. The van der Waals surface area contributed by atoms with Crippen molar-refractivity contribution in [1.29, 1.82) is 0 Å². The summed E-state index contributed by atoms with van der Waals surface area (Å²) in [6.45, 7) is 6.26. The van der Waals surface area contributed by atoms with Gasteiger partial charge in [-0.15, -0.1) is 0 Å². The molecule has 0 unspecified atom stereocenters. The Kier molecular flexibility index (Phi) is 3.07. The van der Waals surface area contributed by atoms with Crippen LogP contribution in [0.1, 0.15) is 20.8 Å². The number of likely N-dealkylation sites (tertiary alicyclic amines) is 1. The van der Waals surface area contributed by atoms with Crippen LogP contribution >= 0.6 is 0 Å². The maximum atomic E-state index is 12.4. The second-order valence-corrected chi connectivity index (χ2v) is 6.34. The van der Waals surface area contributed by atoms with Crippen LogP contribution in [0.3, 0.4) is 0 Å². The highest BCUT2D eigenvalue weighted by molar-refractivity contribution is 5.92. The van der Waals surface area contributed by atoms with Gasteiger partial charge in [-0.05, 0) is 11.3 Å². The first kappa shape index (κ1) is 13.8. The van der Waals surface area contributed by atoms with E-state index in [0.29, 0.717) is 13.1 Å². The first-order chi connectivity index (χ1) is 8.67. The molecule has 0 aromatic rings. The fraction of sp³-hybridized carbons (Fsp3) is 0.769. The predicted molar refractivity (Wildman–Crippen MR) is 66.8 cm³/mol. The van der Waals surface area contributed by atoms with Crippen molar-refractivity contribution >= 4 is 17.8 Å². The molecular weight excluding hydrogens is 248 g/mol. The molecule has 4 atom stereocenters. The molecule has 1 aliphatic heterocycles. The van der Waals surface area contributed by atoms with Gasteiger partial charge in [0.2, 0.25) is 11.8 Å². The van der Waals surface area contributed by atoms with Crippen molar-refractivity contribution in [3.05, 3.63) is 0 Å². The van der Waals surface area contributed by atoms with Gasteiger partial charge in [-0.2, -0.15) is 0 Å². The second-order valence-electron chi connectivity index (χ2n) is 6.34. The van der Waals surface area contributed by atoms with Gasteiger partial charge in [0, 0.05) is 13.1 Å². The molecular formula is C13H20N2O4. The van der Waals surface area contributed by atoms with Gasteiger partial charge in [-0.25, -0.2) is 0 Å². The Morgan fingerprint density at radius 1 is 1.21 bits per heavy atom. The minimum atomic E-state index is -0.929. The summed E-state index contributed by atoms with van der Waals surface area (Å²) in [4.78, 5) is 36.3. The van der Waals surface area contributed by atoms with Gasteiger partial charge in [0.05, 0.1) is 17.8 Å². The summed E-state index contributed by atoms with van der Waals surface area (Å²) in [6.07, 6.45) is 0. The number of carbonyl (C=O) groups is 3. The maximum Gasteiger partial charge on any atom is 0.307 e. The first-order valence-electron chi connectivity index (χ1n) is 6.48. The van der Waals surface area contributed by atoms with Gasteiger partial charge >= 0.3 is 5.97 Å². The molecule has 0 aromatic heterocycles. The summed E-state index contributed by atoms with van der Waals surface area (Å²) < 4.78 is 0. The Morgan fingerprint density at radius 2 is 1.79 bits per heavy atom. The third kappa shape index (κ3) is 2.09. The Balaban J connectivity index is 2.07. The minimum Gasteiger partial charge on any atom is -0.481 e. The summed E-state index contributed by atoms with van der Waals surface area (Å²) in [5, 5.41) is 9.10. The van der Waals surface area contributed by atoms with E-state index in [1.807, 2.05) is 6.92 Å². The number of rotatable bonds is 3. The molecule has 1 saturated heterocycles. The van der Waals surface area contributed by atoms with E-state index in [9.17, 15) is 14.4 Å². The van der Waals surface area contributed by atoms with E-state index in [1.54, 1.807) is 18.7 Å². The van der Waals surface area contributed by atoms with Crippen molar-refractivity contribution in [2.24, 2.45) is 34.8 Å². The highest BCUT2D eigenvalue weighted by Gasteiger charge is 2.67. The van der Waals surface area contributed by atoms with E-state index in [2.05, 4.69) is 0 Å². The monoisotopic (exact) mass is 268 g/mol.